The molecule has 1 aromatic rings. The summed E-state index contributed by atoms with van der Waals surface area (Å²) in [5, 5.41) is 23.5. The molecule has 1 aliphatic rings. The Labute approximate surface area is 105 Å². The van der Waals surface area contributed by atoms with Crippen molar-refractivity contribution in [3.63, 3.8) is 0 Å². The standard InChI is InChI=1S/C12H18N2O4/c1-11(2,3)18-10(15)14-9-5-4-6-12(16,17)8(9)7-13-14/h7,16-17H,4-6H2,1-3H3. The zero-order valence-electron chi connectivity index (χ0n) is 10.8. The molecule has 1 aliphatic carbocycles. The van der Waals surface area contributed by atoms with Gasteiger partial charge in [0.05, 0.1) is 17.5 Å². The normalized spacial score (nSPS) is 18.3. The molecule has 0 saturated heterocycles. The van der Waals surface area contributed by atoms with Crippen LogP contribution in [0.3, 0.4) is 0 Å². The molecule has 0 aromatic carbocycles. The fraction of sp³-hybridized carbons (Fsp3) is 0.667. The van der Waals surface area contributed by atoms with Crippen LogP contribution in [0.5, 0.6) is 0 Å². The minimum absolute atomic E-state index is 0.250. The molecule has 0 amide bonds. The molecule has 0 atom stereocenters. The smallest absolute Gasteiger partial charge is 0.435 e. The highest BCUT2D eigenvalue weighted by molar-refractivity contribution is 5.71. The van der Waals surface area contributed by atoms with Gasteiger partial charge in [-0.05, 0) is 33.6 Å². The molecular weight excluding hydrogens is 236 g/mol. The summed E-state index contributed by atoms with van der Waals surface area (Å²) < 4.78 is 6.33. The Morgan fingerprint density at radius 1 is 1.50 bits per heavy atom. The van der Waals surface area contributed by atoms with E-state index in [1.54, 1.807) is 20.8 Å². The average Bonchev–Trinajstić information content (AvgIpc) is 2.59. The maximum atomic E-state index is 11.9. The van der Waals surface area contributed by atoms with Crippen molar-refractivity contribution in [2.24, 2.45) is 0 Å². The molecule has 100 valence electrons. The lowest BCUT2D eigenvalue weighted by Crippen LogP contribution is -2.32. The highest BCUT2D eigenvalue weighted by atomic mass is 16.6. The highest BCUT2D eigenvalue weighted by Gasteiger charge is 2.36. The molecule has 2 N–H and O–H groups in total. The topological polar surface area (TPSA) is 84.6 Å². The molecule has 1 heterocycles. The summed E-state index contributed by atoms with van der Waals surface area (Å²) in [7, 11) is 0. The van der Waals surface area contributed by atoms with E-state index in [1.165, 1.54) is 6.20 Å². The van der Waals surface area contributed by atoms with E-state index in [4.69, 9.17) is 4.74 Å². The van der Waals surface area contributed by atoms with Gasteiger partial charge < -0.3 is 14.9 Å². The van der Waals surface area contributed by atoms with Crippen LogP contribution in [0.1, 0.15) is 44.9 Å². The number of hydrogen-bond donors (Lipinski definition) is 2. The second-order valence-corrected chi connectivity index (χ2v) is 5.57. The fourth-order valence-electron chi connectivity index (χ4n) is 2.05. The number of fused-ring (bicyclic) bond motifs is 1. The van der Waals surface area contributed by atoms with Crippen molar-refractivity contribution in [3.8, 4) is 0 Å². The third-order valence-corrected chi connectivity index (χ3v) is 2.81. The van der Waals surface area contributed by atoms with Crippen LogP contribution < -0.4 is 0 Å². The van der Waals surface area contributed by atoms with Crippen LogP contribution in [0.4, 0.5) is 4.79 Å². The van der Waals surface area contributed by atoms with Gasteiger partial charge in [0, 0.05) is 6.42 Å². The van der Waals surface area contributed by atoms with E-state index >= 15 is 0 Å². The highest BCUT2D eigenvalue weighted by Crippen LogP contribution is 2.33. The van der Waals surface area contributed by atoms with Crippen molar-refractivity contribution in [1.29, 1.82) is 0 Å². The lowest BCUT2D eigenvalue weighted by Gasteiger charge is -2.27. The van der Waals surface area contributed by atoms with E-state index in [-0.39, 0.29) is 6.42 Å². The number of carbonyl (C=O) groups is 1. The summed E-state index contributed by atoms with van der Waals surface area (Å²) >= 11 is 0. The van der Waals surface area contributed by atoms with Gasteiger partial charge in [0.2, 0.25) is 0 Å². The van der Waals surface area contributed by atoms with Crippen LogP contribution in [-0.4, -0.2) is 31.7 Å². The van der Waals surface area contributed by atoms with Gasteiger partial charge in [-0.25, -0.2) is 4.79 Å². The summed E-state index contributed by atoms with van der Waals surface area (Å²) in [5.41, 5.74) is 0.195. The third kappa shape index (κ3) is 2.39. The number of hydrogen-bond acceptors (Lipinski definition) is 5. The predicted octanol–water partition coefficient (Wildman–Crippen LogP) is 1.14. The van der Waals surface area contributed by atoms with Gasteiger partial charge in [0.1, 0.15) is 5.60 Å². The largest absolute Gasteiger partial charge is 0.442 e. The van der Waals surface area contributed by atoms with E-state index in [1.807, 2.05) is 0 Å². The Kier molecular flexibility index (Phi) is 2.95. The van der Waals surface area contributed by atoms with Crippen molar-refractivity contribution < 1.29 is 19.7 Å². The molecular formula is C12H18N2O4. The first-order chi connectivity index (χ1) is 8.21. The minimum Gasteiger partial charge on any atom is -0.442 e. The predicted molar refractivity (Wildman–Crippen MR) is 62.9 cm³/mol. The van der Waals surface area contributed by atoms with Gasteiger partial charge in [-0.1, -0.05) is 0 Å². The molecule has 0 radical (unpaired) electrons. The summed E-state index contributed by atoms with van der Waals surface area (Å²) in [6.45, 7) is 5.30. The number of carbonyl (C=O) groups excluding carboxylic acids is 1. The first-order valence-corrected chi connectivity index (χ1v) is 5.96. The first-order valence-electron chi connectivity index (χ1n) is 5.96. The molecule has 0 aliphatic heterocycles. The van der Waals surface area contributed by atoms with E-state index in [9.17, 15) is 15.0 Å². The fourth-order valence-corrected chi connectivity index (χ4v) is 2.05. The lowest BCUT2D eigenvalue weighted by molar-refractivity contribution is -0.179. The van der Waals surface area contributed by atoms with Gasteiger partial charge in [-0.2, -0.15) is 9.78 Å². The number of aromatic nitrogens is 2. The second-order valence-electron chi connectivity index (χ2n) is 5.57. The Bertz CT molecular complexity index is 471. The monoisotopic (exact) mass is 254 g/mol. The number of aliphatic hydroxyl groups is 2. The molecule has 18 heavy (non-hydrogen) atoms. The summed E-state index contributed by atoms with van der Waals surface area (Å²) in [4.78, 5) is 11.9. The molecule has 6 nitrogen and oxygen atoms in total. The Morgan fingerprint density at radius 2 is 2.17 bits per heavy atom. The zero-order chi connectivity index (χ0) is 13.6. The van der Waals surface area contributed by atoms with Crippen molar-refractivity contribution in [1.82, 2.24) is 9.78 Å². The number of rotatable bonds is 0. The zero-order valence-corrected chi connectivity index (χ0v) is 10.8. The quantitative estimate of drug-likeness (QED) is 0.678. The van der Waals surface area contributed by atoms with Crippen molar-refractivity contribution in [3.05, 3.63) is 17.5 Å². The van der Waals surface area contributed by atoms with E-state index in [0.717, 1.165) is 4.68 Å². The molecule has 0 unspecified atom stereocenters. The maximum Gasteiger partial charge on any atom is 0.435 e. The maximum absolute atomic E-state index is 11.9. The molecule has 0 bridgehead atoms. The van der Waals surface area contributed by atoms with E-state index in [0.29, 0.717) is 24.1 Å². The van der Waals surface area contributed by atoms with Gasteiger partial charge in [-0.3, -0.25) is 0 Å². The molecule has 0 saturated carbocycles. The Morgan fingerprint density at radius 3 is 2.78 bits per heavy atom. The summed E-state index contributed by atoms with van der Waals surface area (Å²) in [6.07, 6.45) is 2.14. The Hall–Kier alpha value is -1.40. The van der Waals surface area contributed by atoms with E-state index < -0.39 is 17.5 Å². The van der Waals surface area contributed by atoms with Gasteiger partial charge in [0.15, 0.2) is 5.79 Å². The minimum atomic E-state index is -1.89. The Balaban J connectivity index is 2.32. The summed E-state index contributed by atoms with van der Waals surface area (Å²) in [5.74, 6) is -1.89. The van der Waals surface area contributed by atoms with Crippen molar-refractivity contribution in [2.75, 3.05) is 0 Å². The van der Waals surface area contributed by atoms with Crippen LogP contribution in [0, 0.1) is 0 Å². The van der Waals surface area contributed by atoms with Crippen molar-refractivity contribution >= 4 is 6.09 Å². The molecule has 0 fully saturated rings. The summed E-state index contributed by atoms with van der Waals surface area (Å²) in [6, 6.07) is 0. The van der Waals surface area contributed by atoms with Gasteiger partial charge in [-0.15, -0.1) is 0 Å². The van der Waals surface area contributed by atoms with E-state index in [2.05, 4.69) is 5.10 Å². The van der Waals surface area contributed by atoms with Crippen LogP contribution in [0.2, 0.25) is 0 Å². The van der Waals surface area contributed by atoms with Crippen LogP contribution in [0.25, 0.3) is 0 Å². The molecule has 1 aromatic heterocycles. The van der Waals surface area contributed by atoms with Crippen LogP contribution >= 0.6 is 0 Å². The third-order valence-electron chi connectivity index (χ3n) is 2.81. The number of nitrogens with zero attached hydrogens (tertiary/aromatic N) is 2. The molecule has 2 rings (SSSR count). The second kappa shape index (κ2) is 4.07. The molecule has 6 heteroatoms. The van der Waals surface area contributed by atoms with Gasteiger partial charge >= 0.3 is 6.09 Å². The first kappa shape index (κ1) is 13.0. The van der Waals surface area contributed by atoms with Gasteiger partial charge in [0.25, 0.3) is 0 Å². The number of ether oxygens (including phenoxy) is 1. The SMILES string of the molecule is CC(C)(C)OC(=O)n1ncc2c1CCCC2(O)O. The van der Waals surface area contributed by atoms with Crippen LogP contribution in [0.15, 0.2) is 6.20 Å². The lowest BCUT2D eigenvalue weighted by atomic mass is 9.92. The van der Waals surface area contributed by atoms with Crippen LogP contribution in [-0.2, 0) is 16.9 Å². The molecule has 0 spiro atoms. The van der Waals surface area contributed by atoms with Crippen molar-refractivity contribution in [2.45, 2.75) is 51.4 Å². The average molecular weight is 254 g/mol.